The summed E-state index contributed by atoms with van der Waals surface area (Å²) in [7, 11) is 0. The summed E-state index contributed by atoms with van der Waals surface area (Å²) in [5.41, 5.74) is -0.815. The molecule has 1 heterocycles. The lowest BCUT2D eigenvalue weighted by Gasteiger charge is -2.15. The molecule has 0 radical (unpaired) electrons. The van der Waals surface area contributed by atoms with Crippen molar-refractivity contribution in [3.8, 4) is 0 Å². The number of nitrogens with zero attached hydrogens (tertiary/aromatic N) is 2. The molecule has 6 heteroatoms. The predicted molar refractivity (Wildman–Crippen MR) is 63.7 cm³/mol. The highest BCUT2D eigenvalue weighted by Gasteiger charge is 2.38. The Labute approximate surface area is 109 Å². The molecule has 1 aliphatic carbocycles. The van der Waals surface area contributed by atoms with Crippen molar-refractivity contribution in [2.24, 2.45) is 0 Å². The SMILES string of the molecule is Cc1c(C(F)(F)F)nn(C2CCCCCC2)c1Cl. The number of rotatable bonds is 1. The van der Waals surface area contributed by atoms with Crippen LogP contribution in [0.15, 0.2) is 0 Å². The molecule has 102 valence electrons. The summed E-state index contributed by atoms with van der Waals surface area (Å²) in [5.74, 6) is 0. The molecule has 0 amide bonds. The van der Waals surface area contributed by atoms with Crippen molar-refractivity contribution in [1.82, 2.24) is 9.78 Å². The van der Waals surface area contributed by atoms with E-state index in [-0.39, 0.29) is 16.8 Å². The fraction of sp³-hybridized carbons (Fsp3) is 0.750. The molecular weight excluding hydrogens is 265 g/mol. The van der Waals surface area contributed by atoms with E-state index in [1.807, 2.05) is 0 Å². The lowest BCUT2D eigenvalue weighted by Crippen LogP contribution is -2.13. The third-order valence-electron chi connectivity index (χ3n) is 3.51. The van der Waals surface area contributed by atoms with Gasteiger partial charge in [-0.1, -0.05) is 37.3 Å². The Morgan fingerprint density at radius 1 is 1.17 bits per heavy atom. The van der Waals surface area contributed by atoms with Gasteiger partial charge in [-0.05, 0) is 19.8 Å². The second-order valence-corrected chi connectivity index (χ2v) is 5.21. The first-order valence-electron chi connectivity index (χ1n) is 6.23. The first-order chi connectivity index (χ1) is 8.41. The van der Waals surface area contributed by atoms with E-state index in [9.17, 15) is 13.2 Å². The molecule has 1 aromatic rings. The summed E-state index contributed by atoms with van der Waals surface area (Å²) in [4.78, 5) is 0. The van der Waals surface area contributed by atoms with Crippen molar-refractivity contribution in [3.63, 3.8) is 0 Å². The van der Waals surface area contributed by atoms with Crippen molar-refractivity contribution < 1.29 is 13.2 Å². The molecule has 0 unspecified atom stereocenters. The number of alkyl halides is 3. The Bertz CT molecular complexity index is 418. The maximum atomic E-state index is 12.8. The van der Waals surface area contributed by atoms with Crippen LogP contribution in [0.3, 0.4) is 0 Å². The Hall–Kier alpha value is -0.710. The van der Waals surface area contributed by atoms with Crippen LogP contribution in [0.25, 0.3) is 0 Å². The minimum atomic E-state index is -4.43. The van der Waals surface area contributed by atoms with Gasteiger partial charge in [-0.15, -0.1) is 0 Å². The third kappa shape index (κ3) is 2.66. The van der Waals surface area contributed by atoms with Gasteiger partial charge < -0.3 is 0 Å². The monoisotopic (exact) mass is 280 g/mol. The van der Waals surface area contributed by atoms with Gasteiger partial charge in [0.05, 0.1) is 6.04 Å². The quantitative estimate of drug-likeness (QED) is 0.678. The van der Waals surface area contributed by atoms with Crippen molar-refractivity contribution in [1.29, 1.82) is 0 Å². The van der Waals surface area contributed by atoms with Crippen LogP contribution < -0.4 is 0 Å². The predicted octanol–water partition coefficient (Wildman–Crippen LogP) is 4.76. The van der Waals surface area contributed by atoms with Gasteiger partial charge in [0.25, 0.3) is 0 Å². The van der Waals surface area contributed by atoms with Crippen LogP contribution in [-0.2, 0) is 6.18 Å². The molecule has 1 saturated carbocycles. The van der Waals surface area contributed by atoms with E-state index in [2.05, 4.69) is 5.10 Å². The summed E-state index contributed by atoms with van der Waals surface area (Å²) in [6, 6.07) is 0.00907. The van der Waals surface area contributed by atoms with Crippen LogP contribution >= 0.6 is 11.6 Å². The highest BCUT2D eigenvalue weighted by atomic mass is 35.5. The van der Waals surface area contributed by atoms with E-state index < -0.39 is 11.9 Å². The van der Waals surface area contributed by atoms with Crippen LogP contribution in [0.2, 0.25) is 5.15 Å². The maximum Gasteiger partial charge on any atom is 0.435 e. The molecular formula is C12H16ClF3N2. The molecule has 1 fully saturated rings. The van der Waals surface area contributed by atoms with Gasteiger partial charge in [-0.2, -0.15) is 18.3 Å². The number of hydrogen-bond donors (Lipinski definition) is 0. The molecule has 0 bridgehead atoms. The van der Waals surface area contributed by atoms with Crippen LogP contribution in [0.5, 0.6) is 0 Å². The van der Waals surface area contributed by atoms with Gasteiger partial charge in [-0.3, -0.25) is 4.68 Å². The number of aromatic nitrogens is 2. The van der Waals surface area contributed by atoms with Crippen LogP contribution in [0, 0.1) is 6.92 Å². The third-order valence-corrected chi connectivity index (χ3v) is 3.97. The molecule has 0 aliphatic heterocycles. The maximum absolute atomic E-state index is 12.8. The van der Waals surface area contributed by atoms with Crippen molar-refractivity contribution in [3.05, 3.63) is 16.4 Å². The van der Waals surface area contributed by atoms with E-state index in [0.29, 0.717) is 0 Å². The minimum Gasteiger partial charge on any atom is -0.250 e. The Kier molecular flexibility index (Phi) is 3.90. The fourth-order valence-electron chi connectivity index (χ4n) is 2.51. The highest BCUT2D eigenvalue weighted by molar-refractivity contribution is 6.30. The Morgan fingerprint density at radius 2 is 1.72 bits per heavy atom. The molecule has 0 spiro atoms. The van der Waals surface area contributed by atoms with Crippen LogP contribution in [0.1, 0.15) is 55.8 Å². The zero-order chi connectivity index (χ0) is 13.3. The molecule has 0 aromatic carbocycles. The summed E-state index contributed by atoms with van der Waals surface area (Å²) in [6.45, 7) is 1.38. The van der Waals surface area contributed by atoms with E-state index in [0.717, 1.165) is 38.5 Å². The van der Waals surface area contributed by atoms with E-state index in [1.165, 1.54) is 11.6 Å². The Morgan fingerprint density at radius 3 is 2.17 bits per heavy atom. The molecule has 18 heavy (non-hydrogen) atoms. The van der Waals surface area contributed by atoms with E-state index in [1.54, 1.807) is 0 Å². The lowest BCUT2D eigenvalue weighted by atomic mass is 10.1. The van der Waals surface area contributed by atoms with E-state index >= 15 is 0 Å². The van der Waals surface area contributed by atoms with Gasteiger partial charge in [-0.25, -0.2) is 0 Å². The van der Waals surface area contributed by atoms with Gasteiger partial charge in [0.1, 0.15) is 5.15 Å². The second kappa shape index (κ2) is 5.11. The van der Waals surface area contributed by atoms with Crippen molar-refractivity contribution in [2.75, 3.05) is 0 Å². The summed E-state index contributed by atoms with van der Waals surface area (Å²) in [5, 5.41) is 3.84. The topological polar surface area (TPSA) is 17.8 Å². The van der Waals surface area contributed by atoms with Crippen LogP contribution in [0.4, 0.5) is 13.2 Å². The molecule has 2 rings (SSSR count). The molecule has 1 aliphatic rings. The molecule has 0 atom stereocenters. The Balaban J connectivity index is 2.33. The molecule has 0 N–H and O–H groups in total. The zero-order valence-corrected chi connectivity index (χ0v) is 11.0. The molecule has 0 saturated heterocycles. The number of hydrogen-bond acceptors (Lipinski definition) is 1. The molecule has 1 aromatic heterocycles. The van der Waals surface area contributed by atoms with Crippen molar-refractivity contribution in [2.45, 2.75) is 57.7 Å². The average molecular weight is 281 g/mol. The number of halogens is 4. The standard InChI is InChI=1S/C12H16ClF3N2/c1-8-10(12(14,15)16)17-18(11(8)13)9-6-4-2-3-5-7-9/h9H,2-7H2,1H3. The molecule has 2 nitrogen and oxygen atoms in total. The minimum absolute atomic E-state index is 0.00907. The summed E-state index contributed by atoms with van der Waals surface area (Å²) in [6.07, 6.45) is 1.63. The van der Waals surface area contributed by atoms with Crippen LogP contribution in [-0.4, -0.2) is 9.78 Å². The highest BCUT2D eigenvalue weighted by Crippen LogP contribution is 2.37. The van der Waals surface area contributed by atoms with Crippen molar-refractivity contribution >= 4 is 11.6 Å². The second-order valence-electron chi connectivity index (χ2n) is 4.85. The zero-order valence-electron chi connectivity index (χ0n) is 10.2. The average Bonchev–Trinajstić information content (AvgIpc) is 2.52. The first-order valence-corrected chi connectivity index (χ1v) is 6.61. The normalized spacial score (nSPS) is 18.9. The summed E-state index contributed by atoms with van der Waals surface area (Å²) < 4.78 is 39.6. The fourth-order valence-corrected chi connectivity index (χ4v) is 2.78. The largest absolute Gasteiger partial charge is 0.435 e. The smallest absolute Gasteiger partial charge is 0.250 e. The van der Waals surface area contributed by atoms with Gasteiger partial charge >= 0.3 is 6.18 Å². The van der Waals surface area contributed by atoms with Gasteiger partial charge in [0.15, 0.2) is 5.69 Å². The first kappa shape index (κ1) is 13.7. The lowest BCUT2D eigenvalue weighted by molar-refractivity contribution is -0.142. The summed E-state index contributed by atoms with van der Waals surface area (Å²) >= 11 is 6.01. The van der Waals surface area contributed by atoms with Gasteiger partial charge in [0.2, 0.25) is 0 Å². The van der Waals surface area contributed by atoms with E-state index in [4.69, 9.17) is 11.6 Å². The van der Waals surface area contributed by atoms with Gasteiger partial charge in [0, 0.05) is 5.56 Å².